The lowest BCUT2D eigenvalue weighted by Gasteiger charge is -2.19. The van der Waals surface area contributed by atoms with Crippen LogP contribution in [0.2, 0.25) is 5.02 Å². The molecule has 0 bridgehead atoms. The average Bonchev–Trinajstić information content (AvgIpc) is 3.17. The van der Waals surface area contributed by atoms with Crippen molar-refractivity contribution in [2.24, 2.45) is 0 Å². The number of amides is 1. The van der Waals surface area contributed by atoms with Crippen LogP contribution in [0.25, 0.3) is 0 Å². The lowest BCUT2D eigenvalue weighted by atomic mass is 10.1. The molecule has 1 heterocycles. The Morgan fingerprint density at radius 2 is 1.90 bits per heavy atom. The molecule has 1 aliphatic rings. The minimum absolute atomic E-state index is 0.0248. The van der Waals surface area contributed by atoms with Gasteiger partial charge >= 0.3 is 0 Å². The number of nitrogens with zero attached hydrogens (tertiary/aromatic N) is 1. The number of benzene rings is 3. The fourth-order valence-corrected chi connectivity index (χ4v) is 4.90. The monoisotopic (exact) mass is 458 g/mol. The molecule has 31 heavy (non-hydrogen) atoms. The summed E-state index contributed by atoms with van der Waals surface area (Å²) < 4.78 is 40.9. The van der Waals surface area contributed by atoms with Crippen LogP contribution in [0.4, 0.5) is 10.1 Å². The van der Waals surface area contributed by atoms with Gasteiger partial charge in [0.1, 0.15) is 5.82 Å². The molecule has 5 nitrogen and oxygen atoms in total. The van der Waals surface area contributed by atoms with E-state index in [4.69, 9.17) is 11.6 Å². The lowest BCUT2D eigenvalue weighted by molar-refractivity contribution is 0.0989. The van der Waals surface area contributed by atoms with Crippen LogP contribution in [-0.4, -0.2) is 20.9 Å². The molecule has 1 amide bonds. The van der Waals surface area contributed by atoms with Crippen molar-refractivity contribution >= 4 is 33.2 Å². The van der Waals surface area contributed by atoms with Gasteiger partial charge in [0.2, 0.25) is 10.0 Å². The second kappa shape index (κ2) is 8.42. The number of hydrogen-bond acceptors (Lipinski definition) is 3. The van der Waals surface area contributed by atoms with E-state index in [2.05, 4.69) is 4.72 Å². The first kappa shape index (κ1) is 21.5. The molecule has 8 heteroatoms. The van der Waals surface area contributed by atoms with Gasteiger partial charge in [-0.3, -0.25) is 4.79 Å². The molecule has 4 rings (SSSR count). The summed E-state index contributed by atoms with van der Waals surface area (Å²) in [6.07, 6.45) is 0.743. The number of nitrogens with one attached hydrogen (secondary N) is 1. The van der Waals surface area contributed by atoms with E-state index in [1.54, 1.807) is 4.90 Å². The third-order valence-corrected chi connectivity index (χ3v) is 7.02. The summed E-state index contributed by atoms with van der Waals surface area (Å²) in [5.74, 6) is -0.756. The Morgan fingerprint density at radius 1 is 1.13 bits per heavy atom. The molecule has 0 aromatic heterocycles. The van der Waals surface area contributed by atoms with Gasteiger partial charge in [0.05, 0.1) is 9.92 Å². The van der Waals surface area contributed by atoms with Gasteiger partial charge < -0.3 is 4.90 Å². The molecule has 0 fully saturated rings. The van der Waals surface area contributed by atoms with Crippen LogP contribution in [-0.2, 0) is 23.0 Å². The van der Waals surface area contributed by atoms with Gasteiger partial charge in [-0.2, -0.15) is 0 Å². The quantitative estimate of drug-likeness (QED) is 0.613. The average molecular weight is 459 g/mol. The Kier molecular flexibility index (Phi) is 5.83. The van der Waals surface area contributed by atoms with Crippen LogP contribution in [0.3, 0.4) is 0 Å². The number of halogens is 2. The Balaban J connectivity index is 1.54. The Morgan fingerprint density at radius 3 is 2.65 bits per heavy atom. The minimum atomic E-state index is -3.87. The number of fused-ring (bicyclic) bond motifs is 1. The largest absolute Gasteiger partial charge is 0.308 e. The Hall–Kier alpha value is -2.74. The van der Waals surface area contributed by atoms with Crippen molar-refractivity contribution in [1.82, 2.24) is 4.72 Å². The molecule has 1 aliphatic heterocycles. The molecular formula is C23H20ClFN2O3S. The minimum Gasteiger partial charge on any atom is -0.308 e. The summed E-state index contributed by atoms with van der Waals surface area (Å²) in [4.78, 5) is 14.7. The van der Waals surface area contributed by atoms with E-state index in [0.717, 1.165) is 41.4 Å². The van der Waals surface area contributed by atoms with E-state index < -0.39 is 15.8 Å². The fraction of sp³-hybridized carbons (Fsp3) is 0.174. The van der Waals surface area contributed by atoms with Gasteiger partial charge in [0.15, 0.2) is 0 Å². The van der Waals surface area contributed by atoms with Crippen molar-refractivity contribution < 1.29 is 17.6 Å². The first-order valence-corrected chi connectivity index (χ1v) is 11.6. The number of sulfonamides is 1. The maximum atomic E-state index is 13.3. The van der Waals surface area contributed by atoms with Crippen molar-refractivity contribution in [3.8, 4) is 0 Å². The molecule has 0 saturated carbocycles. The highest BCUT2D eigenvalue weighted by molar-refractivity contribution is 7.89. The van der Waals surface area contributed by atoms with Crippen LogP contribution < -0.4 is 9.62 Å². The van der Waals surface area contributed by atoms with E-state index in [1.807, 2.05) is 49.4 Å². The summed E-state index contributed by atoms with van der Waals surface area (Å²) in [7, 11) is -3.87. The molecule has 0 aliphatic carbocycles. The molecule has 0 spiro atoms. The third kappa shape index (κ3) is 4.35. The fourth-order valence-electron chi connectivity index (χ4n) is 3.61. The molecule has 0 radical (unpaired) electrons. The van der Waals surface area contributed by atoms with Crippen LogP contribution >= 0.6 is 11.6 Å². The number of carbonyl (C=O) groups is 1. The molecule has 1 N–H and O–H groups in total. The number of carbonyl (C=O) groups excluding carboxylic acids is 1. The van der Waals surface area contributed by atoms with Crippen LogP contribution in [0, 0.1) is 12.7 Å². The first-order valence-electron chi connectivity index (χ1n) is 9.70. The number of aryl methyl sites for hydroxylation is 1. The standard InChI is InChI=1S/C23H20ClFN2O3S/c1-15-4-2-3-5-19(15)23(28)27-11-10-17-7-6-16(12-22(17)27)14-26-31(29,30)18-8-9-21(25)20(24)13-18/h2-9,12-13,26H,10-11,14H2,1H3. The summed E-state index contributed by atoms with van der Waals surface area (Å²) in [6, 6.07) is 16.3. The zero-order valence-electron chi connectivity index (χ0n) is 16.7. The van der Waals surface area contributed by atoms with E-state index in [1.165, 1.54) is 0 Å². The van der Waals surface area contributed by atoms with E-state index in [-0.39, 0.29) is 22.4 Å². The topological polar surface area (TPSA) is 66.5 Å². The molecule has 160 valence electrons. The SMILES string of the molecule is Cc1ccccc1C(=O)N1CCc2ccc(CNS(=O)(=O)c3ccc(F)c(Cl)c3)cc21. The van der Waals surface area contributed by atoms with Crippen molar-refractivity contribution in [3.05, 3.63) is 93.8 Å². The summed E-state index contributed by atoms with van der Waals surface area (Å²) in [5, 5.41) is -0.259. The zero-order valence-corrected chi connectivity index (χ0v) is 18.3. The van der Waals surface area contributed by atoms with Crippen molar-refractivity contribution in [2.45, 2.75) is 24.8 Å². The summed E-state index contributed by atoms with van der Waals surface area (Å²) >= 11 is 5.70. The smallest absolute Gasteiger partial charge is 0.258 e. The molecule has 0 atom stereocenters. The van der Waals surface area contributed by atoms with Crippen LogP contribution in [0.15, 0.2) is 65.6 Å². The molecular weight excluding hydrogens is 439 g/mol. The molecule has 0 saturated heterocycles. The van der Waals surface area contributed by atoms with Gasteiger partial charge in [-0.05, 0) is 60.4 Å². The normalized spacial score (nSPS) is 13.3. The highest BCUT2D eigenvalue weighted by Gasteiger charge is 2.26. The van der Waals surface area contributed by atoms with E-state index in [9.17, 15) is 17.6 Å². The van der Waals surface area contributed by atoms with Gasteiger partial charge in [-0.25, -0.2) is 17.5 Å². The molecule has 0 unspecified atom stereocenters. The second-order valence-corrected chi connectivity index (χ2v) is 9.56. The second-order valence-electron chi connectivity index (χ2n) is 7.39. The Bertz CT molecular complexity index is 1280. The predicted molar refractivity (Wildman–Crippen MR) is 118 cm³/mol. The maximum absolute atomic E-state index is 13.3. The first-order chi connectivity index (χ1) is 14.8. The van der Waals surface area contributed by atoms with Gasteiger partial charge in [0, 0.05) is 24.3 Å². The summed E-state index contributed by atoms with van der Waals surface area (Å²) in [5.41, 5.74) is 4.09. The predicted octanol–water partition coefficient (Wildman–Crippen LogP) is 4.47. The van der Waals surface area contributed by atoms with E-state index in [0.29, 0.717) is 17.7 Å². The van der Waals surface area contributed by atoms with Crippen molar-refractivity contribution in [1.29, 1.82) is 0 Å². The van der Waals surface area contributed by atoms with Gasteiger partial charge in [-0.1, -0.05) is 41.9 Å². The zero-order chi connectivity index (χ0) is 22.2. The van der Waals surface area contributed by atoms with Crippen LogP contribution in [0.1, 0.15) is 27.0 Å². The highest BCUT2D eigenvalue weighted by atomic mass is 35.5. The van der Waals surface area contributed by atoms with Crippen molar-refractivity contribution in [2.75, 3.05) is 11.4 Å². The molecule has 3 aromatic rings. The van der Waals surface area contributed by atoms with Crippen LogP contribution in [0.5, 0.6) is 0 Å². The number of rotatable bonds is 5. The number of anilines is 1. The Labute approximate surface area is 185 Å². The molecule has 3 aromatic carbocycles. The third-order valence-electron chi connectivity index (χ3n) is 5.33. The van der Waals surface area contributed by atoms with Gasteiger partial charge in [0.25, 0.3) is 5.91 Å². The van der Waals surface area contributed by atoms with Gasteiger partial charge in [-0.15, -0.1) is 0 Å². The highest BCUT2D eigenvalue weighted by Crippen LogP contribution is 2.31. The maximum Gasteiger partial charge on any atom is 0.258 e. The summed E-state index contributed by atoms with van der Waals surface area (Å²) in [6.45, 7) is 2.50. The van der Waals surface area contributed by atoms with Crippen molar-refractivity contribution in [3.63, 3.8) is 0 Å². The lowest BCUT2D eigenvalue weighted by Crippen LogP contribution is -2.29. The number of hydrogen-bond donors (Lipinski definition) is 1. The van der Waals surface area contributed by atoms with E-state index >= 15 is 0 Å².